The van der Waals surface area contributed by atoms with Gasteiger partial charge in [-0.15, -0.1) is 0 Å². The fraction of sp³-hybridized carbons (Fsp3) is 0.750. The first-order valence-electron chi connectivity index (χ1n) is 4.55. The van der Waals surface area contributed by atoms with Gasteiger partial charge in [-0.05, 0) is 11.0 Å². The molecule has 0 saturated carbocycles. The maximum absolute atomic E-state index is 7.28. The van der Waals surface area contributed by atoms with Crippen LogP contribution in [0.25, 0.3) is 0 Å². The summed E-state index contributed by atoms with van der Waals surface area (Å²) in [6.07, 6.45) is 1.59. The van der Waals surface area contributed by atoms with E-state index in [-0.39, 0.29) is 11.1 Å². The molecule has 1 aliphatic rings. The van der Waals surface area contributed by atoms with Crippen LogP contribution in [0.5, 0.6) is 0 Å². The van der Waals surface area contributed by atoms with Gasteiger partial charge in [-0.1, -0.05) is 18.6 Å². The SMILES string of the molecule is CC1(C)CSCCN1[n+]1cc(=N)o[n-]1. The van der Waals surface area contributed by atoms with Crippen LogP contribution in [0.1, 0.15) is 13.8 Å². The molecule has 5 nitrogen and oxygen atoms in total. The standard InChI is InChI=1S/C8H14N4OS/c1-8(2)6-14-4-3-11(8)12-5-7(9)13-10-12/h5,9H,3-4,6H2,1-2H3. The van der Waals surface area contributed by atoms with Crippen LogP contribution in [0.3, 0.4) is 0 Å². The Bertz CT molecular complexity index is 369. The zero-order chi connectivity index (χ0) is 10.2. The van der Waals surface area contributed by atoms with Gasteiger partial charge in [0.1, 0.15) is 0 Å². The third-order valence-electron chi connectivity index (χ3n) is 2.30. The highest BCUT2D eigenvalue weighted by atomic mass is 32.2. The molecular formula is C8H14N4OS. The molecule has 0 spiro atoms. The molecule has 1 aliphatic heterocycles. The molecule has 0 bridgehead atoms. The normalized spacial score (nSPS) is 21.1. The summed E-state index contributed by atoms with van der Waals surface area (Å²) in [5, 5.41) is 13.2. The van der Waals surface area contributed by atoms with Crippen molar-refractivity contribution in [3.63, 3.8) is 0 Å². The van der Waals surface area contributed by atoms with Crippen molar-refractivity contribution in [3.05, 3.63) is 11.8 Å². The summed E-state index contributed by atoms with van der Waals surface area (Å²) in [4.78, 5) is 1.64. The number of nitrogens with one attached hydrogen (secondary N) is 1. The molecule has 0 amide bonds. The Labute approximate surface area is 86.5 Å². The van der Waals surface area contributed by atoms with E-state index in [1.165, 1.54) is 0 Å². The minimum Gasteiger partial charge on any atom is -0.380 e. The second-order valence-electron chi connectivity index (χ2n) is 3.97. The Balaban J connectivity index is 2.28. The Morgan fingerprint density at radius 1 is 1.71 bits per heavy atom. The monoisotopic (exact) mass is 214 g/mol. The molecule has 14 heavy (non-hydrogen) atoms. The molecule has 1 saturated heterocycles. The second-order valence-corrected chi connectivity index (χ2v) is 5.08. The van der Waals surface area contributed by atoms with Gasteiger partial charge in [0, 0.05) is 17.8 Å². The van der Waals surface area contributed by atoms with Crippen LogP contribution >= 0.6 is 11.8 Å². The van der Waals surface area contributed by atoms with Gasteiger partial charge in [0.05, 0.1) is 0 Å². The van der Waals surface area contributed by atoms with Crippen molar-refractivity contribution in [2.75, 3.05) is 23.1 Å². The van der Waals surface area contributed by atoms with Crippen molar-refractivity contribution < 1.29 is 9.31 Å². The topological polar surface area (TPSA) is 58.2 Å². The Hall–Kier alpha value is -0.910. The van der Waals surface area contributed by atoms with Gasteiger partial charge in [0.15, 0.2) is 0 Å². The Kier molecular flexibility index (Phi) is 2.30. The van der Waals surface area contributed by atoms with Gasteiger partial charge in [0.2, 0.25) is 0 Å². The molecule has 1 fully saturated rings. The first-order valence-corrected chi connectivity index (χ1v) is 5.71. The lowest BCUT2D eigenvalue weighted by Crippen LogP contribution is -2.71. The van der Waals surface area contributed by atoms with Crippen LogP contribution in [-0.2, 0) is 0 Å². The van der Waals surface area contributed by atoms with E-state index in [1.807, 2.05) is 11.8 Å². The summed E-state index contributed by atoms with van der Waals surface area (Å²) in [5.41, 5.74) is 0.163. The van der Waals surface area contributed by atoms with E-state index in [9.17, 15) is 0 Å². The van der Waals surface area contributed by atoms with E-state index in [2.05, 4.69) is 24.1 Å². The molecule has 0 unspecified atom stereocenters. The van der Waals surface area contributed by atoms with Gasteiger partial charge in [-0.2, -0.15) is 11.8 Å². The molecular weight excluding hydrogens is 200 g/mol. The fourth-order valence-corrected chi connectivity index (χ4v) is 2.68. The van der Waals surface area contributed by atoms with E-state index in [4.69, 9.17) is 9.93 Å². The van der Waals surface area contributed by atoms with Gasteiger partial charge in [-0.25, -0.2) is 0 Å². The molecule has 1 N–H and O–H groups in total. The van der Waals surface area contributed by atoms with E-state index in [1.54, 1.807) is 11.0 Å². The average Bonchev–Trinajstić information content (AvgIpc) is 2.51. The van der Waals surface area contributed by atoms with Crippen LogP contribution in [0, 0.1) is 5.41 Å². The lowest BCUT2D eigenvalue weighted by atomic mass is 10.1. The quantitative estimate of drug-likeness (QED) is 0.638. The average molecular weight is 214 g/mol. The summed E-state index contributed by atoms with van der Waals surface area (Å²) in [6, 6.07) is 0. The second kappa shape index (κ2) is 3.34. The number of aromatic nitrogens is 2. The predicted octanol–water partition coefficient (Wildman–Crippen LogP) is -0.533. The maximum Gasteiger partial charge on any atom is 0.286 e. The van der Waals surface area contributed by atoms with Crippen LogP contribution in [0.2, 0.25) is 0 Å². The van der Waals surface area contributed by atoms with Gasteiger partial charge >= 0.3 is 0 Å². The Morgan fingerprint density at radius 2 is 2.50 bits per heavy atom. The molecule has 78 valence electrons. The molecule has 2 rings (SSSR count). The number of thioether (sulfide) groups is 1. The van der Waals surface area contributed by atoms with E-state index in [0.717, 1.165) is 18.1 Å². The van der Waals surface area contributed by atoms with Crippen molar-refractivity contribution in [1.29, 1.82) is 5.41 Å². The minimum absolute atomic E-state index is 0.0664. The molecule has 1 aromatic rings. The fourth-order valence-electron chi connectivity index (χ4n) is 1.58. The van der Waals surface area contributed by atoms with Gasteiger partial charge < -0.3 is 4.52 Å². The van der Waals surface area contributed by atoms with Gasteiger partial charge in [-0.3, -0.25) is 10.4 Å². The van der Waals surface area contributed by atoms with Crippen molar-refractivity contribution in [3.8, 4) is 0 Å². The number of hydrogen-bond acceptors (Lipinski definition) is 4. The summed E-state index contributed by atoms with van der Waals surface area (Å²) in [6.45, 7) is 5.28. The van der Waals surface area contributed by atoms with Crippen LogP contribution in [0.15, 0.2) is 10.7 Å². The lowest BCUT2D eigenvalue weighted by molar-refractivity contribution is -0.770. The molecule has 1 aromatic heterocycles. The van der Waals surface area contributed by atoms with Crippen molar-refractivity contribution in [2.24, 2.45) is 0 Å². The summed E-state index contributed by atoms with van der Waals surface area (Å²) in [5.74, 6) is 2.16. The first-order chi connectivity index (χ1) is 6.59. The van der Waals surface area contributed by atoms with E-state index >= 15 is 0 Å². The third kappa shape index (κ3) is 1.66. The van der Waals surface area contributed by atoms with Crippen LogP contribution < -0.4 is 20.6 Å². The molecule has 0 aliphatic carbocycles. The molecule has 6 heteroatoms. The van der Waals surface area contributed by atoms with Crippen LogP contribution in [-0.4, -0.2) is 23.6 Å². The van der Waals surface area contributed by atoms with Crippen LogP contribution in [0.4, 0.5) is 0 Å². The first kappa shape index (κ1) is 9.64. The highest BCUT2D eigenvalue weighted by Crippen LogP contribution is 2.21. The highest BCUT2D eigenvalue weighted by Gasteiger charge is 2.30. The smallest absolute Gasteiger partial charge is 0.286 e. The number of rotatable bonds is 1. The van der Waals surface area contributed by atoms with Crippen molar-refractivity contribution in [2.45, 2.75) is 19.4 Å². The van der Waals surface area contributed by atoms with Crippen molar-refractivity contribution >= 4 is 11.8 Å². The third-order valence-corrected chi connectivity index (χ3v) is 3.69. The molecule has 0 radical (unpaired) electrons. The highest BCUT2D eigenvalue weighted by molar-refractivity contribution is 7.99. The largest absolute Gasteiger partial charge is 0.380 e. The summed E-state index contributed by atoms with van der Waals surface area (Å²) in [7, 11) is 0. The zero-order valence-electron chi connectivity index (χ0n) is 8.36. The Morgan fingerprint density at radius 3 is 3.07 bits per heavy atom. The molecule has 0 atom stereocenters. The molecule has 0 aromatic carbocycles. The maximum atomic E-state index is 7.28. The van der Waals surface area contributed by atoms with Crippen molar-refractivity contribution in [1.82, 2.24) is 5.27 Å². The molecule has 2 heterocycles. The summed E-state index contributed by atoms with van der Waals surface area (Å²) < 4.78 is 4.74. The number of nitrogens with zero attached hydrogens (tertiary/aromatic N) is 3. The van der Waals surface area contributed by atoms with E-state index in [0.29, 0.717) is 0 Å². The predicted molar refractivity (Wildman–Crippen MR) is 52.6 cm³/mol. The zero-order valence-corrected chi connectivity index (χ0v) is 9.17. The summed E-state index contributed by atoms with van der Waals surface area (Å²) >= 11 is 1.95. The van der Waals surface area contributed by atoms with Gasteiger partial charge in [0.25, 0.3) is 11.8 Å². The lowest BCUT2D eigenvalue weighted by Gasteiger charge is -2.42. The number of hydrogen-bond donors (Lipinski definition) is 1. The van der Waals surface area contributed by atoms with E-state index < -0.39 is 0 Å². The minimum atomic E-state index is 0.0664.